The highest BCUT2D eigenvalue weighted by Gasteiger charge is 2.24. The number of fused-ring (bicyclic) bond motifs is 1. The molecule has 18 heavy (non-hydrogen) atoms. The largest absolute Gasteiger partial charge is 0.483 e. The molecule has 1 aromatic carbocycles. The zero-order valence-corrected chi connectivity index (χ0v) is 10.7. The van der Waals surface area contributed by atoms with Gasteiger partial charge in [0.05, 0.1) is 0 Å². The van der Waals surface area contributed by atoms with Gasteiger partial charge < -0.3 is 15.8 Å². The van der Waals surface area contributed by atoms with Gasteiger partial charge in [-0.15, -0.1) is 0 Å². The maximum atomic E-state index is 10.8. The van der Waals surface area contributed by atoms with Crippen LogP contribution in [0.25, 0.3) is 0 Å². The van der Waals surface area contributed by atoms with Crippen LogP contribution in [0, 0.1) is 0 Å². The quantitative estimate of drug-likeness (QED) is 0.802. The molecule has 3 N–H and O–H groups in total. The van der Waals surface area contributed by atoms with Crippen molar-refractivity contribution in [2.75, 3.05) is 13.2 Å². The third-order valence-corrected chi connectivity index (χ3v) is 3.24. The summed E-state index contributed by atoms with van der Waals surface area (Å²) >= 11 is 0. The minimum absolute atomic E-state index is 0.0521. The van der Waals surface area contributed by atoms with Crippen molar-refractivity contribution in [3.8, 4) is 5.75 Å². The topological polar surface area (TPSA) is 64.3 Å². The van der Waals surface area contributed by atoms with E-state index in [1.165, 1.54) is 11.1 Å². The van der Waals surface area contributed by atoms with E-state index in [4.69, 9.17) is 10.5 Å². The van der Waals surface area contributed by atoms with Gasteiger partial charge in [0.25, 0.3) is 5.91 Å². The highest BCUT2D eigenvalue weighted by atomic mass is 16.5. The van der Waals surface area contributed by atoms with Gasteiger partial charge in [-0.25, -0.2) is 0 Å². The van der Waals surface area contributed by atoms with Crippen LogP contribution in [0.5, 0.6) is 5.75 Å². The van der Waals surface area contributed by atoms with Crippen molar-refractivity contribution >= 4 is 5.91 Å². The molecule has 0 aromatic heterocycles. The van der Waals surface area contributed by atoms with Gasteiger partial charge >= 0.3 is 0 Å². The summed E-state index contributed by atoms with van der Waals surface area (Å²) < 4.78 is 5.46. The van der Waals surface area contributed by atoms with Crippen LogP contribution >= 0.6 is 0 Å². The van der Waals surface area contributed by atoms with Crippen molar-refractivity contribution in [2.24, 2.45) is 5.73 Å². The van der Waals surface area contributed by atoms with Crippen molar-refractivity contribution in [2.45, 2.75) is 32.2 Å². The summed E-state index contributed by atoms with van der Waals surface area (Å²) in [6, 6.07) is 6.43. The van der Waals surface area contributed by atoms with Gasteiger partial charge in [0, 0.05) is 6.04 Å². The predicted octanol–water partition coefficient (Wildman–Crippen LogP) is 1.54. The van der Waals surface area contributed by atoms with E-state index in [-0.39, 0.29) is 6.61 Å². The number of carbonyl (C=O) groups excluding carboxylic acids is 1. The number of ether oxygens (including phenoxy) is 1. The summed E-state index contributed by atoms with van der Waals surface area (Å²) in [5, 5.41) is 3.53. The van der Waals surface area contributed by atoms with Crippen LogP contribution < -0.4 is 15.8 Å². The minimum Gasteiger partial charge on any atom is -0.483 e. The number of nitrogens with one attached hydrogen (secondary N) is 1. The average molecular weight is 248 g/mol. The third kappa shape index (κ3) is 2.82. The lowest BCUT2D eigenvalue weighted by Gasteiger charge is -2.14. The molecule has 0 aliphatic heterocycles. The molecule has 1 aliphatic carbocycles. The Kier molecular flexibility index (Phi) is 4.20. The number of benzene rings is 1. The van der Waals surface area contributed by atoms with E-state index in [0.717, 1.165) is 31.6 Å². The first-order valence-corrected chi connectivity index (χ1v) is 6.48. The summed E-state index contributed by atoms with van der Waals surface area (Å²) in [7, 11) is 0. The van der Waals surface area contributed by atoms with Crippen molar-refractivity contribution in [3.05, 3.63) is 29.3 Å². The van der Waals surface area contributed by atoms with E-state index >= 15 is 0 Å². The number of rotatable bonds is 6. The van der Waals surface area contributed by atoms with Gasteiger partial charge in [-0.3, -0.25) is 4.79 Å². The molecule has 1 aromatic rings. The van der Waals surface area contributed by atoms with E-state index in [2.05, 4.69) is 18.3 Å². The van der Waals surface area contributed by atoms with Gasteiger partial charge in [-0.2, -0.15) is 0 Å². The number of amides is 1. The second-order valence-electron chi connectivity index (χ2n) is 4.62. The summed E-state index contributed by atoms with van der Waals surface area (Å²) in [4.78, 5) is 10.8. The third-order valence-electron chi connectivity index (χ3n) is 3.24. The predicted molar refractivity (Wildman–Crippen MR) is 70.5 cm³/mol. The zero-order chi connectivity index (χ0) is 13.0. The molecule has 0 spiro atoms. The Morgan fingerprint density at radius 1 is 1.56 bits per heavy atom. The SMILES string of the molecule is CCCNC1CCc2c(OCC(N)=O)cccc21. The number of primary amides is 1. The minimum atomic E-state index is -0.439. The molecule has 1 unspecified atom stereocenters. The fourth-order valence-corrected chi connectivity index (χ4v) is 2.44. The zero-order valence-electron chi connectivity index (χ0n) is 10.7. The van der Waals surface area contributed by atoms with Crippen LogP contribution in [0.3, 0.4) is 0 Å². The lowest BCUT2D eigenvalue weighted by molar-refractivity contribution is -0.119. The molecule has 0 saturated carbocycles. The van der Waals surface area contributed by atoms with Crippen molar-refractivity contribution in [1.82, 2.24) is 5.32 Å². The van der Waals surface area contributed by atoms with Gasteiger partial charge in [0.2, 0.25) is 0 Å². The van der Waals surface area contributed by atoms with Crippen LogP contribution in [0.15, 0.2) is 18.2 Å². The number of hydrogen-bond acceptors (Lipinski definition) is 3. The maximum absolute atomic E-state index is 10.8. The van der Waals surface area contributed by atoms with E-state index in [0.29, 0.717) is 6.04 Å². The summed E-state index contributed by atoms with van der Waals surface area (Å²) in [6.07, 6.45) is 3.21. The van der Waals surface area contributed by atoms with Crippen molar-refractivity contribution < 1.29 is 9.53 Å². The molecule has 0 heterocycles. The monoisotopic (exact) mass is 248 g/mol. The Balaban J connectivity index is 2.11. The lowest BCUT2D eigenvalue weighted by Crippen LogP contribution is -2.21. The summed E-state index contributed by atoms with van der Waals surface area (Å²) in [5.74, 6) is 0.360. The fourth-order valence-electron chi connectivity index (χ4n) is 2.44. The number of hydrogen-bond donors (Lipinski definition) is 2. The van der Waals surface area contributed by atoms with E-state index in [1.807, 2.05) is 12.1 Å². The van der Waals surface area contributed by atoms with Crippen LogP contribution in [0.1, 0.15) is 36.9 Å². The Labute approximate surface area is 108 Å². The first-order valence-electron chi connectivity index (χ1n) is 6.48. The smallest absolute Gasteiger partial charge is 0.255 e. The van der Waals surface area contributed by atoms with E-state index in [1.54, 1.807) is 0 Å². The van der Waals surface area contributed by atoms with Gasteiger partial charge in [-0.1, -0.05) is 19.1 Å². The Morgan fingerprint density at radius 2 is 2.39 bits per heavy atom. The second-order valence-corrected chi connectivity index (χ2v) is 4.62. The maximum Gasteiger partial charge on any atom is 0.255 e. The van der Waals surface area contributed by atoms with Gasteiger partial charge in [0.1, 0.15) is 5.75 Å². The summed E-state index contributed by atoms with van der Waals surface area (Å²) in [6.45, 7) is 3.13. The van der Waals surface area contributed by atoms with Gasteiger partial charge in [0.15, 0.2) is 6.61 Å². The Hall–Kier alpha value is -1.55. The molecule has 1 atom stereocenters. The van der Waals surface area contributed by atoms with Gasteiger partial charge in [-0.05, 0) is 43.0 Å². The van der Waals surface area contributed by atoms with Crippen LogP contribution in [-0.4, -0.2) is 19.1 Å². The number of nitrogens with two attached hydrogens (primary N) is 1. The standard InChI is InChI=1S/C14H20N2O2/c1-2-8-16-12-7-6-11-10(12)4-3-5-13(11)18-9-14(15)17/h3-5,12,16H,2,6-9H2,1H3,(H2,15,17). The molecule has 0 bridgehead atoms. The second kappa shape index (κ2) is 5.87. The molecule has 0 radical (unpaired) electrons. The molecule has 98 valence electrons. The Bertz CT molecular complexity index is 432. The highest BCUT2D eigenvalue weighted by molar-refractivity contribution is 5.75. The molecule has 2 rings (SSSR count). The molecule has 1 aliphatic rings. The fraction of sp³-hybridized carbons (Fsp3) is 0.500. The van der Waals surface area contributed by atoms with Crippen LogP contribution in [-0.2, 0) is 11.2 Å². The van der Waals surface area contributed by atoms with Crippen molar-refractivity contribution in [1.29, 1.82) is 0 Å². The molecule has 4 heteroatoms. The first-order chi connectivity index (χ1) is 8.72. The average Bonchev–Trinajstić information content (AvgIpc) is 2.77. The van der Waals surface area contributed by atoms with E-state index in [9.17, 15) is 4.79 Å². The molecular weight excluding hydrogens is 228 g/mol. The lowest BCUT2D eigenvalue weighted by atomic mass is 10.1. The molecule has 4 nitrogen and oxygen atoms in total. The molecule has 1 amide bonds. The molecule has 0 fully saturated rings. The van der Waals surface area contributed by atoms with Crippen molar-refractivity contribution in [3.63, 3.8) is 0 Å². The summed E-state index contributed by atoms with van der Waals surface area (Å²) in [5.41, 5.74) is 7.61. The molecular formula is C14H20N2O2. The number of carbonyl (C=O) groups is 1. The first kappa shape index (κ1) is 12.9. The normalized spacial score (nSPS) is 17.5. The molecule has 0 saturated heterocycles. The highest BCUT2D eigenvalue weighted by Crippen LogP contribution is 2.36. The van der Waals surface area contributed by atoms with Crippen LogP contribution in [0.4, 0.5) is 0 Å². The Morgan fingerprint density at radius 3 is 3.11 bits per heavy atom. The van der Waals surface area contributed by atoms with E-state index < -0.39 is 5.91 Å². The van der Waals surface area contributed by atoms with Crippen LogP contribution in [0.2, 0.25) is 0 Å².